The predicted octanol–water partition coefficient (Wildman–Crippen LogP) is 3.40. The maximum absolute atomic E-state index is 12.4. The van der Waals surface area contributed by atoms with Crippen LogP contribution in [0.25, 0.3) is 0 Å². The Kier molecular flexibility index (Phi) is 5.99. The number of thioether (sulfide) groups is 1. The summed E-state index contributed by atoms with van der Waals surface area (Å²) in [6.45, 7) is 4.59. The van der Waals surface area contributed by atoms with Gasteiger partial charge in [0.25, 0.3) is 0 Å². The molecule has 118 valence electrons. The number of nitrogens with zero attached hydrogens (tertiary/aromatic N) is 2. The SMILES string of the molecule is CCN(CC)S(=O)(=O)c1ccc(SCc2ccccc2)nc1. The Bertz CT molecular complexity index is 682. The summed E-state index contributed by atoms with van der Waals surface area (Å²) in [7, 11) is -3.42. The van der Waals surface area contributed by atoms with E-state index in [0.717, 1.165) is 10.8 Å². The van der Waals surface area contributed by atoms with Gasteiger partial charge in [0, 0.05) is 25.0 Å². The van der Waals surface area contributed by atoms with E-state index >= 15 is 0 Å². The fourth-order valence-electron chi connectivity index (χ4n) is 2.05. The fraction of sp³-hybridized carbons (Fsp3) is 0.312. The molecule has 0 unspecified atom stereocenters. The van der Waals surface area contributed by atoms with Gasteiger partial charge in [0.2, 0.25) is 10.0 Å². The maximum Gasteiger partial charge on any atom is 0.244 e. The molecule has 2 rings (SSSR count). The minimum Gasteiger partial charge on any atom is -0.249 e. The second-order valence-electron chi connectivity index (χ2n) is 4.70. The first-order chi connectivity index (χ1) is 10.6. The van der Waals surface area contributed by atoms with Crippen LogP contribution in [0.2, 0.25) is 0 Å². The third-order valence-electron chi connectivity index (χ3n) is 3.28. The van der Waals surface area contributed by atoms with Crippen LogP contribution >= 0.6 is 11.8 Å². The molecule has 0 atom stereocenters. The summed E-state index contributed by atoms with van der Waals surface area (Å²) in [6, 6.07) is 13.5. The lowest BCUT2D eigenvalue weighted by molar-refractivity contribution is 0.445. The van der Waals surface area contributed by atoms with Crippen LogP contribution in [-0.2, 0) is 15.8 Å². The molecule has 0 saturated carbocycles. The van der Waals surface area contributed by atoms with E-state index < -0.39 is 10.0 Å². The van der Waals surface area contributed by atoms with E-state index in [9.17, 15) is 8.42 Å². The predicted molar refractivity (Wildman–Crippen MR) is 90.3 cm³/mol. The molecule has 22 heavy (non-hydrogen) atoms. The van der Waals surface area contributed by atoms with Crippen LogP contribution in [0.4, 0.5) is 0 Å². The highest BCUT2D eigenvalue weighted by Gasteiger charge is 2.21. The first-order valence-corrected chi connectivity index (χ1v) is 9.63. The van der Waals surface area contributed by atoms with E-state index in [1.807, 2.05) is 32.0 Å². The van der Waals surface area contributed by atoms with E-state index in [-0.39, 0.29) is 4.90 Å². The van der Waals surface area contributed by atoms with Gasteiger partial charge < -0.3 is 0 Å². The van der Waals surface area contributed by atoms with Gasteiger partial charge in [-0.25, -0.2) is 13.4 Å². The van der Waals surface area contributed by atoms with Crippen molar-refractivity contribution in [2.75, 3.05) is 13.1 Å². The van der Waals surface area contributed by atoms with Crippen molar-refractivity contribution in [3.05, 3.63) is 54.2 Å². The normalized spacial score (nSPS) is 11.8. The molecule has 0 saturated heterocycles. The van der Waals surface area contributed by atoms with Gasteiger partial charge >= 0.3 is 0 Å². The molecule has 1 heterocycles. The van der Waals surface area contributed by atoms with Gasteiger partial charge in [-0.1, -0.05) is 44.2 Å². The van der Waals surface area contributed by atoms with Crippen LogP contribution in [-0.4, -0.2) is 30.8 Å². The molecular weight excluding hydrogens is 316 g/mol. The molecule has 0 radical (unpaired) electrons. The van der Waals surface area contributed by atoms with E-state index in [2.05, 4.69) is 17.1 Å². The summed E-state index contributed by atoms with van der Waals surface area (Å²) in [5, 5.41) is 0.822. The lowest BCUT2D eigenvalue weighted by Crippen LogP contribution is -2.30. The summed E-state index contributed by atoms with van der Waals surface area (Å²) in [5.74, 6) is 0.815. The van der Waals surface area contributed by atoms with Crippen molar-refractivity contribution in [3.63, 3.8) is 0 Å². The van der Waals surface area contributed by atoms with Crippen LogP contribution < -0.4 is 0 Å². The van der Waals surface area contributed by atoms with Gasteiger partial charge in [-0.2, -0.15) is 4.31 Å². The molecule has 0 aliphatic carbocycles. The van der Waals surface area contributed by atoms with Crippen molar-refractivity contribution >= 4 is 21.8 Å². The molecule has 4 nitrogen and oxygen atoms in total. The standard InChI is InChI=1S/C16H20N2O2S2/c1-3-18(4-2)22(19,20)15-10-11-16(17-12-15)21-13-14-8-6-5-7-9-14/h5-12H,3-4,13H2,1-2H3. The molecular formula is C16H20N2O2S2. The van der Waals surface area contributed by atoms with E-state index in [4.69, 9.17) is 0 Å². The number of hydrogen-bond donors (Lipinski definition) is 0. The first kappa shape index (κ1) is 17.0. The average molecular weight is 336 g/mol. The molecule has 6 heteroatoms. The zero-order valence-corrected chi connectivity index (χ0v) is 14.4. The molecule has 0 amide bonds. The van der Waals surface area contributed by atoms with Crippen LogP contribution in [0.15, 0.2) is 58.6 Å². The minimum atomic E-state index is -3.42. The monoisotopic (exact) mass is 336 g/mol. The largest absolute Gasteiger partial charge is 0.249 e. The number of benzene rings is 1. The zero-order chi connectivity index (χ0) is 16.0. The third-order valence-corrected chi connectivity index (χ3v) is 6.33. The van der Waals surface area contributed by atoms with E-state index in [0.29, 0.717) is 13.1 Å². The Hall–Kier alpha value is -1.37. The van der Waals surface area contributed by atoms with Crippen LogP contribution in [0.5, 0.6) is 0 Å². The van der Waals surface area contributed by atoms with Gasteiger partial charge in [-0.05, 0) is 17.7 Å². The summed E-state index contributed by atoms with van der Waals surface area (Å²) in [6.07, 6.45) is 1.45. The number of hydrogen-bond acceptors (Lipinski definition) is 4. The lowest BCUT2D eigenvalue weighted by Gasteiger charge is -2.18. The summed E-state index contributed by atoms with van der Waals surface area (Å²) < 4.78 is 26.2. The molecule has 0 aliphatic rings. The molecule has 0 fully saturated rings. The van der Waals surface area contributed by atoms with Gasteiger partial charge in [0.15, 0.2) is 0 Å². The Morgan fingerprint density at radius 2 is 1.73 bits per heavy atom. The second-order valence-corrected chi connectivity index (χ2v) is 7.63. The van der Waals surface area contributed by atoms with E-state index in [1.54, 1.807) is 23.9 Å². The molecule has 1 aromatic carbocycles. The van der Waals surface area contributed by atoms with Crippen molar-refractivity contribution in [3.8, 4) is 0 Å². The topological polar surface area (TPSA) is 50.3 Å². The first-order valence-electron chi connectivity index (χ1n) is 7.20. The van der Waals surface area contributed by atoms with Crippen molar-refractivity contribution in [2.45, 2.75) is 29.5 Å². The Morgan fingerprint density at radius 1 is 1.05 bits per heavy atom. The third kappa shape index (κ3) is 4.09. The quantitative estimate of drug-likeness (QED) is 0.727. The van der Waals surface area contributed by atoms with E-state index in [1.165, 1.54) is 16.1 Å². The van der Waals surface area contributed by atoms with Gasteiger partial charge in [0.05, 0.1) is 5.03 Å². The number of rotatable bonds is 7. The highest BCUT2D eigenvalue weighted by atomic mass is 32.2. The van der Waals surface area contributed by atoms with Gasteiger partial charge in [0.1, 0.15) is 4.90 Å². The number of sulfonamides is 1. The van der Waals surface area contributed by atoms with Crippen molar-refractivity contribution in [2.24, 2.45) is 0 Å². The number of pyridine rings is 1. The van der Waals surface area contributed by atoms with Crippen LogP contribution in [0, 0.1) is 0 Å². The van der Waals surface area contributed by atoms with Crippen molar-refractivity contribution in [1.82, 2.24) is 9.29 Å². The molecule has 0 aliphatic heterocycles. The summed E-state index contributed by atoms with van der Waals surface area (Å²) in [5.41, 5.74) is 1.22. The molecule has 1 aromatic heterocycles. The molecule has 0 spiro atoms. The lowest BCUT2D eigenvalue weighted by atomic mass is 10.2. The molecule has 0 N–H and O–H groups in total. The highest BCUT2D eigenvalue weighted by molar-refractivity contribution is 7.98. The fourth-order valence-corrected chi connectivity index (χ4v) is 4.25. The zero-order valence-electron chi connectivity index (χ0n) is 12.8. The van der Waals surface area contributed by atoms with Crippen LogP contribution in [0.1, 0.15) is 19.4 Å². The Morgan fingerprint density at radius 3 is 2.27 bits per heavy atom. The Labute approximate surface area is 136 Å². The number of aromatic nitrogens is 1. The maximum atomic E-state index is 12.4. The van der Waals surface area contributed by atoms with Gasteiger partial charge in [-0.15, -0.1) is 11.8 Å². The van der Waals surface area contributed by atoms with Gasteiger partial charge in [-0.3, -0.25) is 0 Å². The average Bonchev–Trinajstić information content (AvgIpc) is 2.55. The van der Waals surface area contributed by atoms with Crippen molar-refractivity contribution in [1.29, 1.82) is 0 Å². The van der Waals surface area contributed by atoms with Crippen LogP contribution in [0.3, 0.4) is 0 Å². The molecule has 2 aromatic rings. The Balaban J connectivity index is 2.07. The summed E-state index contributed by atoms with van der Waals surface area (Å²) in [4.78, 5) is 4.52. The second kappa shape index (κ2) is 7.76. The molecule has 0 bridgehead atoms. The smallest absolute Gasteiger partial charge is 0.244 e. The van der Waals surface area contributed by atoms with Crippen molar-refractivity contribution < 1.29 is 8.42 Å². The summed E-state index contributed by atoms with van der Waals surface area (Å²) >= 11 is 1.59. The minimum absolute atomic E-state index is 0.250. The highest BCUT2D eigenvalue weighted by Crippen LogP contribution is 2.22.